The molecule has 0 aliphatic heterocycles. The molecule has 1 unspecified atom stereocenters. The van der Waals surface area contributed by atoms with Crippen LogP contribution in [0.5, 0.6) is 0 Å². The molecule has 0 fully saturated rings. The van der Waals surface area contributed by atoms with Gasteiger partial charge in [0.15, 0.2) is 5.78 Å². The number of ketones is 1. The van der Waals surface area contributed by atoms with E-state index in [0.29, 0.717) is 11.3 Å². The topological polar surface area (TPSA) is 68.0 Å². The van der Waals surface area contributed by atoms with E-state index in [1.54, 1.807) is 23.5 Å². The van der Waals surface area contributed by atoms with Crippen molar-refractivity contribution in [2.24, 2.45) is 0 Å². The first-order chi connectivity index (χ1) is 9.38. The summed E-state index contributed by atoms with van der Waals surface area (Å²) in [5.74, 6) is -0.0176. The average molecular weight is 289 g/mol. The van der Waals surface area contributed by atoms with Crippen molar-refractivity contribution < 1.29 is 4.79 Å². The number of carbonyl (C=O) groups is 1. The summed E-state index contributed by atoms with van der Waals surface area (Å²) < 4.78 is 0. The molecule has 0 saturated heterocycles. The van der Waals surface area contributed by atoms with Crippen molar-refractivity contribution in [3.05, 3.63) is 39.3 Å². The molecule has 5 heteroatoms. The fraction of sp³-hybridized carbons (Fsp3) is 0.333. The number of thiazole rings is 1. The number of aryl methyl sites for hydroxylation is 2. The third-order valence-electron chi connectivity index (χ3n) is 3.15. The number of rotatable bonds is 4. The highest BCUT2D eigenvalue weighted by Crippen LogP contribution is 2.28. The maximum atomic E-state index is 11.4. The first-order valence-electron chi connectivity index (χ1n) is 6.49. The summed E-state index contributed by atoms with van der Waals surface area (Å²) in [7, 11) is 0. The van der Waals surface area contributed by atoms with Crippen LogP contribution in [-0.4, -0.2) is 10.8 Å². The van der Waals surface area contributed by atoms with E-state index in [-0.39, 0.29) is 11.8 Å². The van der Waals surface area contributed by atoms with Gasteiger partial charge in [-0.25, -0.2) is 4.98 Å². The van der Waals surface area contributed by atoms with Crippen molar-refractivity contribution in [2.45, 2.75) is 33.7 Å². The molecule has 3 N–H and O–H groups in total. The van der Waals surface area contributed by atoms with Crippen molar-refractivity contribution in [1.29, 1.82) is 0 Å². The molecule has 1 aromatic heterocycles. The Hall–Kier alpha value is -1.88. The number of nitrogens with zero attached hydrogens (tertiary/aromatic N) is 1. The van der Waals surface area contributed by atoms with Crippen LogP contribution in [0.15, 0.2) is 18.2 Å². The zero-order valence-electron chi connectivity index (χ0n) is 12.2. The molecule has 0 amide bonds. The highest BCUT2D eigenvalue weighted by Gasteiger charge is 2.13. The largest absolute Gasteiger partial charge is 0.398 e. The predicted octanol–water partition coefficient (Wildman–Crippen LogP) is 3.72. The average Bonchev–Trinajstić information content (AvgIpc) is 2.68. The van der Waals surface area contributed by atoms with Crippen molar-refractivity contribution in [3.8, 4) is 0 Å². The second kappa shape index (κ2) is 5.63. The number of aromatic nitrogens is 1. The van der Waals surface area contributed by atoms with Gasteiger partial charge in [0.25, 0.3) is 0 Å². The molecular weight excluding hydrogens is 270 g/mol. The van der Waals surface area contributed by atoms with Crippen molar-refractivity contribution in [3.63, 3.8) is 0 Å². The van der Waals surface area contributed by atoms with Crippen LogP contribution in [0.3, 0.4) is 0 Å². The van der Waals surface area contributed by atoms with Crippen LogP contribution in [0.1, 0.15) is 45.8 Å². The quantitative estimate of drug-likeness (QED) is 0.665. The van der Waals surface area contributed by atoms with Crippen LogP contribution in [0.25, 0.3) is 0 Å². The molecule has 0 saturated carbocycles. The summed E-state index contributed by atoms with van der Waals surface area (Å²) in [6, 6.07) is 5.60. The number of nitrogens with one attached hydrogen (secondary N) is 1. The van der Waals surface area contributed by atoms with Crippen molar-refractivity contribution in [1.82, 2.24) is 4.98 Å². The first-order valence-corrected chi connectivity index (χ1v) is 7.31. The van der Waals surface area contributed by atoms with Gasteiger partial charge in [-0.15, -0.1) is 11.3 Å². The van der Waals surface area contributed by atoms with E-state index < -0.39 is 0 Å². The van der Waals surface area contributed by atoms with Crippen LogP contribution >= 0.6 is 11.3 Å². The van der Waals surface area contributed by atoms with Gasteiger partial charge in [-0.05, 0) is 45.9 Å². The fourth-order valence-corrected chi connectivity index (χ4v) is 3.17. The lowest BCUT2D eigenvalue weighted by atomic mass is 10.1. The monoisotopic (exact) mass is 289 g/mol. The molecule has 0 bridgehead atoms. The minimum Gasteiger partial charge on any atom is -0.398 e. The molecule has 0 spiro atoms. The van der Waals surface area contributed by atoms with Crippen LogP contribution in [0.2, 0.25) is 0 Å². The molecule has 2 aromatic rings. The van der Waals surface area contributed by atoms with Gasteiger partial charge < -0.3 is 11.1 Å². The number of carbonyl (C=O) groups excluding carboxylic acids is 1. The van der Waals surface area contributed by atoms with E-state index in [1.807, 2.05) is 19.9 Å². The number of Topliss-reactive ketones (excluding diaryl/α,β-unsaturated/α-hetero) is 1. The highest BCUT2D eigenvalue weighted by atomic mass is 32.1. The minimum absolute atomic E-state index is 0.0176. The maximum Gasteiger partial charge on any atom is 0.161 e. The number of anilines is 2. The number of hydrogen-bond acceptors (Lipinski definition) is 5. The Kier molecular flexibility index (Phi) is 4.09. The lowest BCUT2D eigenvalue weighted by molar-refractivity contribution is 0.101. The van der Waals surface area contributed by atoms with Gasteiger partial charge in [0.1, 0.15) is 0 Å². The molecule has 20 heavy (non-hydrogen) atoms. The lowest BCUT2D eigenvalue weighted by Gasteiger charge is -2.15. The van der Waals surface area contributed by atoms with Gasteiger partial charge in [-0.2, -0.15) is 0 Å². The van der Waals surface area contributed by atoms with Gasteiger partial charge in [-0.3, -0.25) is 4.79 Å². The molecule has 1 heterocycles. The van der Waals surface area contributed by atoms with E-state index in [9.17, 15) is 4.79 Å². The molecule has 106 valence electrons. The summed E-state index contributed by atoms with van der Waals surface area (Å²) >= 11 is 1.69. The number of nitrogen functional groups attached to an aromatic ring is 1. The fourth-order valence-electron chi connectivity index (χ4n) is 2.24. The van der Waals surface area contributed by atoms with Crippen LogP contribution < -0.4 is 11.1 Å². The van der Waals surface area contributed by atoms with E-state index >= 15 is 0 Å². The number of benzene rings is 1. The molecule has 0 aliphatic rings. The second-order valence-corrected chi connectivity index (χ2v) is 6.14. The standard InChI is InChI=1S/C15H19N3OS/c1-8-15(20-11(4)17-8)9(2)18-12-5-6-13(10(3)19)14(16)7-12/h5-7,9,18H,16H2,1-4H3. The molecule has 0 radical (unpaired) electrons. The molecule has 4 nitrogen and oxygen atoms in total. The Morgan fingerprint density at radius 2 is 2.10 bits per heavy atom. The lowest BCUT2D eigenvalue weighted by Crippen LogP contribution is -2.07. The third-order valence-corrected chi connectivity index (χ3v) is 4.40. The zero-order valence-corrected chi connectivity index (χ0v) is 13.0. The van der Waals surface area contributed by atoms with E-state index in [1.165, 1.54) is 11.8 Å². The SMILES string of the molecule is CC(=O)c1ccc(NC(C)c2sc(C)nc2C)cc1N. The van der Waals surface area contributed by atoms with E-state index in [2.05, 4.69) is 17.2 Å². The Morgan fingerprint density at radius 3 is 2.60 bits per heavy atom. The van der Waals surface area contributed by atoms with Crippen molar-refractivity contribution in [2.75, 3.05) is 11.1 Å². The second-order valence-electron chi connectivity index (χ2n) is 4.91. The first kappa shape index (κ1) is 14.5. The van der Waals surface area contributed by atoms with E-state index in [4.69, 9.17) is 5.73 Å². The molecule has 1 atom stereocenters. The maximum absolute atomic E-state index is 11.4. The van der Waals surface area contributed by atoms with Crippen LogP contribution in [-0.2, 0) is 0 Å². The third kappa shape index (κ3) is 2.99. The van der Waals surface area contributed by atoms with Crippen molar-refractivity contribution >= 4 is 28.5 Å². The summed E-state index contributed by atoms with van der Waals surface area (Å²) in [6.07, 6.45) is 0. The Balaban J connectivity index is 2.20. The van der Waals surface area contributed by atoms with Gasteiger partial charge in [0.05, 0.1) is 16.7 Å². The van der Waals surface area contributed by atoms with Gasteiger partial charge in [0, 0.05) is 21.8 Å². The Bertz CT molecular complexity index is 649. The number of hydrogen-bond donors (Lipinski definition) is 2. The summed E-state index contributed by atoms with van der Waals surface area (Å²) in [4.78, 5) is 17.0. The van der Waals surface area contributed by atoms with E-state index in [0.717, 1.165) is 16.4 Å². The molecule has 2 rings (SSSR count). The van der Waals surface area contributed by atoms with Crippen LogP contribution in [0.4, 0.5) is 11.4 Å². The minimum atomic E-state index is -0.0176. The smallest absolute Gasteiger partial charge is 0.161 e. The zero-order chi connectivity index (χ0) is 14.9. The molecule has 0 aliphatic carbocycles. The van der Waals surface area contributed by atoms with Gasteiger partial charge in [-0.1, -0.05) is 0 Å². The van der Waals surface area contributed by atoms with Gasteiger partial charge in [0.2, 0.25) is 0 Å². The summed E-state index contributed by atoms with van der Waals surface area (Å²) in [6.45, 7) is 7.64. The summed E-state index contributed by atoms with van der Waals surface area (Å²) in [5.41, 5.74) is 8.93. The Morgan fingerprint density at radius 1 is 1.40 bits per heavy atom. The predicted molar refractivity (Wildman–Crippen MR) is 84.5 cm³/mol. The normalized spacial score (nSPS) is 12.2. The molecular formula is C15H19N3OS. The number of nitrogens with two attached hydrogens (primary N) is 1. The molecule has 1 aromatic carbocycles. The van der Waals surface area contributed by atoms with Crippen LogP contribution in [0, 0.1) is 13.8 Å². The van der Waals surface area contributed by atoms with Gasteiger partial charge >= 0.3 is 0 Å². The highest BCUT2D eigenvalue weighted by molar-refractivity contribution is 7.11. The Labute approximate surface area is 123 Å². The summed E-state index contributed by atoms with van der Waals surface area (Å²) in [5, 5.41) is 4.47.